The largest absolute Gasteiger partial charge is 0.462 e. The number of ether oxygens (including phenoxy) is 3. The van der Waals surface area contributed by atoms with Crippen LogP contribution in [0.15, 0.2) is 12.2 Å². The second-order valence-corrected chi connectivity index (χ2v) is 17.1. The fourth-order valence-corrected chi connectivity index (χ4v) is 7.42. The van der Waals surface area contributed by atoms with Crippen molar-refractivity contribution in [3.63, 3.8) is 0 Å². The summed E-state index contributed by atoms with van der Waals surface area (Å²) in [6, 6.07) is 0. The number of rotatable bonds is 46. The van der Waals surface area contributed by atoms with E-state index in [0.29, 0.717) is 19.3 Å². The van der Waals surface area contributed by atoms with Gasteiger partial charge in [-0.05, 0) is 38.5 Å². The average molecular weight is 805 g/mol. The predicted molar refractivity (Wildman–Crippen MR) is 243 cm³/mol. The second kappa shape index (κ2) is 46.8. The first kappa shape index (κ1) is 55.2. The summed E-state index contributed by atoms with van der Waals surface area (Å²) in [4.78, 5) is 37.8. The number of hydrogen-bond donors (Lipinski definition) is 0. The number of esters is 3. The highest BCUT2D eigenvalue weighted by atomic mass is 16.6. The van der Waals surface area contributed by atoms with Gasteiger partial charge in [-0.2, -0.15) is 0 Å². The van der Waals surface area contributed by atoms with Gasteiger partial charge in [0.15, 0.2) is 6.10 Å². The Kier molecular flexibility index (Phi) is 45.3. The fourth-order valence-electron chi connectivity index (χ4n) is 7.42. The lowest BCUT2D eigenvalue weighted by Gasteiger charge is -2.18. The summed E-state index contributed by atoms with van der Waals surface area (Å²) in [5.41, 5.74) is 0. The molecule has 6 nitrogen and oxygen atoms in total. The quantitative estimate of drug-likeness (QED) is 0.0264. The zero-order valence-electron chi connectivity index (χ0n) is 38.4. The maximum absolute atomic E-state index is 12.8. The topological polar surface area (TPSA) is 78.9 Å². The zero-order valence-corrected chi connectivity index (χ0v) is 38.4. The van der Waals surface area contributed by atoms with Crippen LogP contribution in [0.4, 0.5) is 0 Å². The van der Waals surface area contributed by atoms with E-state index in [1.807, 2.05) is 0 Å². The first-order valence-electron chi connectivity index (χ1n) is 25.2. The Labute approximate surface area is 354 Å². The molecule has 0 spiro atoms. The molecule has 1 atom stereocenters. The highest BCUT2D eigenvalue weighted by molar-refractivity contribution is 5.71. The number of hydrogen-bond acceptors (Lipinski definition) is 6. The molecule has 6 heteroatoms. The van der Waals surface area contributed by atoms with Gasteiger partial charge < -0.3 is 14.2 Å². The third-order valence-electron chi connectivity index (χ3n) is 11.3. The van der Waals surface area contributed by atoms with Crippen molar-refractivity contribution in [2.75, 3.05) is 13.2 Å². The number of carbonyl (C=O) groups is 3. The fraction of sp³-hybridized carbons (Fsp3) is 0.902. The summed E-state index contributed by atoms with van der Waals surface area (Å²) in [5, 5.41) is 0. The van der Waals surface area contributed by atoms with Crippen molar-refractivity contribution in [3.8, 4) is 0 Å². The van der Waals surface area contributed by atoms with E-state index in [9.17, 15) is 14.4 Å². The summed E-state index contributed by atoms with van der Waals surface area (Å²) in [7, 11) is 0. The molecule has 0 heterocycles. The Morgan fingerprint density at radius 1 is 0.333 bits per heavy atom. The van der Waals surface area contributed by atoms with Crippen molar-refractivity contribution in [3.05, 3.63) is 12.2 Å². The van der Waals surface area contributed by atoms with E-state index in [4.69, 9.17) is 14.2 Å². The third-order valence-corrected chi connectivity index (χ3v) is 11.3. The maximum Gasteiger partial charge on any atom is 0.306 e. The average Bonchev–Trinajstić information content (AvgIpc) is 3.21. The molecular formula is C51H96O6. The molecule has 0 rings (SSSR count). The number of unbranched alkanes of at least 4 members (excludes halogenated alkanes) is 33. The van der Waals surface area contributed by atoms with Crippen molar-refractivity contribution in [1.82, 2.24) is 0 Å². The van der Waals surface area contributed by atoms with Gasteiger partial charge in [-0.1, -0.05) is 232 Å². The van der Waals surface area contributed by atoms with Gasteiger partial charge in [-0.25, -0.2) is 0 Å². The Morgan fingerprint density at radius 2 is 0.596 bits per heavy atom. The van der Waals surface area contributed by atoms with Crippen molar-refractivity contribution in [2.24, 2.45) is 0 Å². The summed E-state index contributed by atoms with van der Waals surface area (Å²) >= 11 is 0. The molecule has 0 aliphatic carbocycles. The van der Waals surface area contributed by atoms with Crippen molar-refractivity contribution < 1.29 is 28.6 Å². The molecule has 336 valence electrons. The van der Waals surface area contributed by atoms with Gasteiger partial charge in [0.2, 0.25) is 0 Å². The van der Waals surface area contributed by atoms with Crippen LogP contribution in [0, 0.1) is 0 Å². The van der Waals surface area contributed by atoms with Gasteiger partial charge in [0.1, 0.15) is 13.2 Å². The maximum atomic E-state index is 12.8. The molecule has 0 fully saturated rings. The molecule has 0 aliphatic heterocycles. The Morgan fingerprint density at radius 3 is 0.930 bits per heavy atom. The molecule has 0 aromatic heterocycles. The van der Waals surface area contributed by atoms with Crippen LogP contribution in [0.3, 0.4) is 0 Å². The molecule has 0 bridgehead atoms. The van der Waals surface area contributed by atoms with E-state index in [1.165, 1.54) is 173 Å². The van der Waals surface area contributed by atoms with Gasteiger partial charge in [0, 0.05) is 19.3 Å². The molecule has 0 aromatic rings. The first-order valence-corrected chi connectivity index (χ1v) is 25.2. The van der Waals surface area contributed by atoms with E-state index in [2.05, 4.69) is 32.9 Å². The molecule has 0 N–H and O–H groups in total. The van der Waals surface area contributed by atoms with Crippen LogP contribution in [-0.2, 0) is 28.6 Å². The molecule has 0 amide bonds. The Hall–Kier alpha value is -1.85. The molecule has 0 saturated carbocycles. The standard InChI is InChI=1S/C51H96O6/c1-4-7-10-13-16-19-22-24-25-27-29-32-35-38-41-44-50(53)56-47-48(46-55-49(52)43-40-37-34-31-28-21-18-15-12-9-6-3)57-51(54)45-42-39-36-33-30-26-23-20-17-14-11-8-5-2/h15,18,48H,4-14,16-17,19-47H2,1-3H3/b18-15-/t48-/m1/s1. The van der Waals surface area contributed by atoms with E-state index in [1.54, 1.807) is 0 Å². The summed E-state index contributed by atoms with van der Waals surface area (Å²) in [6.45, 7) is 6.62. The third kappa shape index (κ3) is 45.1. The van der Waals surface area contributed by atoms with Crippen LogP contribution in [-0.4, -0.2) is 37.2 Å². The van der Waals surface area contributed by atoms with Crippen LogP contribution < -0.4 is 0 Å². The van der Waals surface area contributed by atoms with Crippen molar-refractivity contribution >= 4 is 17.9 Å². The monoisotopic (exact) mass is 805 g/mol. The number of carbonyl (C=O) groups excluding carboxylic acids is 3. The van der Waals surface area contributed by atoms with E-state index < -0.39 is 6.10 Å². The first-order chi connectivity index (χ1) is 28.0. The summed E-state index contributed by atoms with van der Waals surface area (Å²) in [5.74, 6) is -0.863. The zero-order chi connectivity index (χ0) is 41.5. The van der Waals surface area contributed by atoms with E-state index >= 15 is 0 Å². The molecular weight excluding hydrogens is 709 g/mol. The Bertz CT molecular complexity index is 885. The summed E-state index contributed by atoms with van der Waals surface area (Å²) in [6.07, 6.45) is 50.5. The van der Waals surface area contributed by atoms with Crippen LogP contribution in [0.5, 0.6) is 0 Å². The smallest absolute Gasteiger partial charge is 0.306 e. The van der Waals surface area contributed by atoms with Crippen LogP contribution in [0.25, 0.3) is 0 Å². The normalized spacial score (nSPS) is 12.0. The minimum absolute atomic E-state index is 0.0674. The van der Waals surface area contributed by atoms with Gasteiger partial charge in [-0.15, -0.1) is 0 Å². The lowest BCUT2D eigenvalue weighted by molar-refractivity contribution is -0.167. The van der Waals surface area contributed by atoms with Gasteiger partial charge >= 0.3 is 17.9 Å². The lowest BCUT2D eigenvalue weighted by atomic mass is 10.0. The van der Waals surface area contributed by atoms with Crippen LogP contribution in [0.2, 0.25) is 0 Å². The highest BCUT2D eigenvalue weighted by Crippen LogP contribution is 2.16. The van der Waals surface area contributed by atoms with Crippen molar-refractivity contribution in [1.29, 1.82) is 0 Å². The number of allylic oxidation sites excluding steroid dienone is 2. The van der Waals surface area contributed by atoms with Gasteiger partial charge in [-0.3, -0.25) is 14.4 Å². The molecule has 0 aliphatic rings. The van der Waals surface area contributed by atoms with Crippen LogP contribution >= 0.6 is 0 Å². The Balaban J connectivity index is 4.31. The highest BCUT2D eigenvalue weighted by Gasteiger charge is 2.19. The predicted octanol–water partition coefficient (Wildman–Crippen LogP) is 16.2. The van der Waals surface area contributed by atoms with E-state index in [-0.39, 0.29) is 31.1 Å². The minimum Gasteiger partial charge on any atom is -0.462 e. The lowest BCUT2D eigenvalue weighted by Crippen LogP contribution is -2.30. The van der Waals surface area contributed by atoms with Gasteiger partial charge in [0.25, 0.3) is 0 Å². The molecule has 0 aromatic carbocycles. The molecule has 0 radical (unpaired) electrons. The molecule has 57 heavy (non-hydrogen) atoms. The SMILES string of the molecule is CCCC/C=C\CCCCCCCC(=O)OC[C@H](COC(=O)CCCCCCCCCCCCCCCCC)OC(=O)CCCCCCCCCCCCCCC. The minimum atomic E-state index is -0.765. The van der Waals surface area contributed by atoms with Crippen molar-refractivity contribution in [2.45, 2.75) is 284 Å². The molecule has 0 unspecified atom stereocenters. The molecule has 0 saturated heterocycles. The summed E-state index contributed by atoms with van der Waals surface area (Å²) < 4.78 is 16.8. The van der Waals surface area contributed by atoms with Crippen LogP contribution in [0.1, 0.15) is 278 Å². The van der Waals surface area contributed by atoms with Gasteiger partial charge in [0.05, 0.1) is 0 Å². The van der Waals surface area contributed by atoms with E-state index in [0.717, 1.165) is 64.2 Å². The second-order valence-electron chi connectivity index (χ2n) is 17.1.